The highest BCUT2D eigenvalue weighted by molar-refractivity contribution is 6.83. The molecule has 0 N–H and O–H groups in total. The van der Waals surface area contributed by atoms with Crippen molar-refractivity contribution in [1.29, 1.82) is 0 Å². The molecule has 1 aromatic carbocycles. The van der Waals surface area contributed by atoms with Gasteiger partial charge in [-0.2, -0.15) is 0 Å². The molecular formula is C26H40Si. The second kappa shape index (κ2) is 9.97. The average molecular weight is 381 g/mol. The van der Waals surface area contributed by atoms with Crippen LogP contribution in [0.25, 0.3) is 0 Å². The summed E-state index contributed by atoms with van der Waals surface area (Å²) in [6.07, 6.45) is 17.6. The van der Waals surface area contributed by atoms with Crippen LogP contribution in [0.1, 0.15) is 81.8 Å². The lowest BCUT2D eigenvalue weighted by molar-refractivity contribution is 0.135. The van der Waals surface area contributed by atoms with Crippen molar-refractivity contribution in [2.75, 3.05) is 0 Å². The Morgan fingerprint density at radius 3 is 1.81 bits per heavy atom. The number of rotatable bonds is 5. The van der Waals surface area contributed by atoms with Gasteiger partial charge in [0.15, 0.2) is 0 Å². The fraction of sp³-hybridized carbons (Fsp3) is 0.692. The van der Waals surface area contributed by atoms with E-state index in [1.807, 2.05) is 0 Å². The summed E-state index contributed by atoms with van der Waals surface area (Å²) in [5, 5.41) is 0. The van der Waals surface area contributed by atoms with Crippen molar-refractivity contribution < 1.29 is 0 Å². The molecule has 0 nitrogen and oxygen atoms in total. The van der Waals surface area contributed by atoms with E-state index >= 15 is 0 Å². The topological polar surface area (TPSA) is 0 Å². The van der Waals surface area contributed by atoms with Crippen LogP contribution in [0.5, 0.6) is 0 Å². The van der Waals surface area contributed by atoms with Crippen molar-refractivity contribution in [2.45, 2.75) is 96.7 Å². The van der Waals surface area contributed by atoms with Crippen molar-refractivity contribution in [3.05, 3.63) is 35.4 Å². The first-order chi connectivity index (χ1) is 13.0. The first-order valence-corrected chi connectivity index (χ1v) is 15.1. The Morgan fingerprint density at radius 1 is 0.815 bits per heavy atom. The quantitative estimate of drug-likeness (QED) is 0.364. The predicted molar refractivity (Wildman–Crippen MR) is 122 cm³/mol. The molecule has 0 radical (unpaired) electrons. The van der Waals surface area contributed by atoms with Gasteiger partial charge < -0.3 is 0 Å². The lowest BCUT2D eigenvalue weighted by atomic mass is 9.68. The molecule has 3 rings (SSSR count). The Bertz CT molecular complexity index is 595. The first kappa shape index (κ1) is 20.7. The summed E-state index contributed by atoms with van der Waals surface area (Å²) >= 11 is 0. The molecule has 2 saturated carbocycles. The third-order valence-electron chi connectivity index (χ3n) is 6.81. The summed E-state index contributed by atoms with van der Waals surface area (Å²) < 4.78 is 0. The summed E-state index contributed by atoms with van der Waals surface area (Å²) in [5.74, 6) is 6.41. The number of benzene rings is 1. The third-order valence-corrected chi connectivity index (χ3v) is 7.69. The summed E-state index contributed by atoms with van der Waals surface area (Å²) in [6, 6.07) is 9.18. The van der Waals surface area contributed by atoms with Gasteiger partial charge in [0, 0.05) is 5.56 Å². The van der Waals surface area contributed by atoms with Gasteiger partial charge in [0.05, 0.1) is 0 Å². The first-order valence-electron chi connectivity index (χ1n) is 11.6. The van der Waals surface area contributed by atoms with Crippen molar-refractivity contribution in [2.24, 2.45) is 17.8 Å². The lowest BCUT2D eigenvalue weighted by Gasteiger charge is -2.38. The van der Waals surface area contributed by atoms with Crippen LogP contribution >= 0.6 is 0 Å². The fourth-order valence-electron chi connectivity index (χ4n) is 5.33. The standard InChI is InChI=1S/C26H40Si/c1-27(2,3)21-20-23-16-14-22(15-17-23)18-19-26(24-10-6-4-7-11-24)25-12-8-5-9-13-25/h14-17,24-26H,4-13,18-19H2,1-3H3. The summed E-state index contributed by atoms with van der Waals surface area (Å²) in [4.78, 5) is 0. The maximum Gasteiger partial charge on any atom is 0.129 e. The van der Waals surface area contributed by atoms with Gasteiger partial charge in [-0.25, -0.2) is 0 Å². The van der Waals surface area contributed by atoms with E-state index in [9.17, 15) is 0 Å². The van der Waals surface area contributed by atoms with E-state index in [1.165, 1.54) is 88.2 Å². The van der Waals surface area contributed by atoms with E-state index in [4.69, 9.17) is 0 Å². The van der Waals surface area contributed by atoms with Gasteiger partial charge in [0.2, 0.25) is 0 Å². The van der Waals surface area contributed by atoms with E-state index in [-0.39, 0.29) is 0 Å². The fourth-order valence-corrected chi connectivity index (χ4v) is 5.85. The molecule has 0 heterocycles. The minimum absolute atomic E-state index is 0.983. The molecule has 2 aliphatic rings. The van der Waals surface area contributed by atoms with Crippen LogP contribution in [0.15, 0.2) is 24.3 Å². The number of hydrogen-bond acceptors (Lipinski definition) is 0. The molecule has 0 amide bonds. The Labute approximate surface area is 169 Å². The average Bonchev–Trinajstić information content (AvgIpc) is 2.68. The van der Waals surface area contributed by atoms with Crippen LogP contribution in [0, 0.1) is 29.2 Å². The molecule has 148 valence electrons. The molecular weight excluding hydrogens is 340 g/mol. The van der Waals surface area contributed by atoms with E-state index in [1.54, 1.807) is 0 Å². The molecule has 0 aliphatic heterocycles. The Hall–Kier alpha value is -1.00. The Morgan fingerprint density at radius 2 is 1.33 bits per heavy atom. The molecule has 2 fully saturated rings. The molecule has 0 saturated heterocycles. The molecule has 27 heavy (non-hydrogen) atoms. The minimum atomic E-state index is -1.28. The molecule has 0 bridgehead atoms. The van der Waals surface area contributed by atoms with Crippen molar-refractivity contribution >= 4 is 8.07 Å². The van der Waals surface area contributed by atoms with Crippen LogP contribution in [0.2, 0.25) is 19.6 Å². The summed E-state index contributed by atoms with van der Waals surface area (Å²) in [6.45, 7) is 6.93. The zero-order valence-corrected chi connectivity index (χ0v) is 19.0. The highest BCUT2D eigenvalue weighted by Crippen LogP contribution is 2.42. The van der Waals surface area contributed by atoms with E-state index < -0.39 is 8.07 Å². The zero-order valence-electron chi connectivity index (χ0n) is 18.0. The Balaban J connectivity index is 1.61. The van der Waals surface area contributed by atoms with Crippen molar-refractivity contribution in [3.8, 4) is 11.5 Å². The maximum atomic E-state index is 3.48. The lowest BCUT2D eigenvalue weighted by Crippen LogP contribution is -2.27. The smallest absolute Gasteiger partial charge is 0.127 e. The minimum Gasteiger partial charge on any atom is -0.127 e. The van der Waals surface area contributed by atoms with E-state index in [0.717, 1.165) is 17.8 Å². The summed E-state index contributed by atoms with van der Waals surface area (Å²) in [7, 11) is -1.28. The van der Waals surface area contributed by atoms with Gasteiger partial charge in [-0.3, -0.25) is 0 Å². The molecule has 1 aromatic rings. The van der Waals surface area contributed by atoms with E-state index in [0.29, 0.717) is 0 Å². The normalized spacial score (nSPS) is 19.7. The summed E-state index contributed by atoms with van der Waals surface area (Å²) in [5.41, 5.74) is 6.19. The van der Waals surface area contributed by atoms with Crippen molar-refractivity contribution in [1.82, 2.24) is 0 Å². The van der Waals surface area contributed by atoms with Crippen LogP contribution in [0.3, 0.4) is 0 Å². The highest BCUT2D eigenvalue weighted by Gasteiger charge is 2.30. The molecule has 1 heteroatoms. The molecule has 0 aromatic heterocycles. The third kappa shape index (κ3) is 6.83. The Kier molecular flexibility index (Phi) is 7.65. The van der Waals surface area contributed by atoms with Crippen LogP contribution in [-0.2, 0) is 6.42 Å². The molecule has 0 atom stereocenters. The molecule has 0 unspecified atom stereocenters. The van der Waals surface area contributed by atoms with Crippen molar-refractivity contribution in [3.63, 3.8) is 0 Å². The molecule has 2 aliphatic carbocycles. The monoisotopic (exact) mass is 380 g/mol. The van der Waals surface area contributed by atoms with Gasteiger partial charge in [-0.15, -0.1) is 5.54 Å². The van der Waals surface area contributed by atoms with Gasteiger partial charge in [-0.05, 0) is 48.3 Å². The van der Waals surface area contributed by atoms with Crippen LogP contribution in [-0.4, -0.2) is 8.07 Å². The maximum absolute atomic E-state index is 3.48. The number of aryl methyl sites for hydroxylation is 1. The van der Waals surface area contributed by atoms with Crippen LogP contribution < -0.4 is 0 Å². The van der Waals surface area contributed by atoms with Gasteiger partial charge in [0.1, 0.15) is 8.07 Å². The van der Waals surface area contributed by atoms with Gasteiger partial charge in [0.25, 0.3) is 0 Å². The number of hydrogen-bond donors (Lipinski definition) is 0. The predicted octanol–water partition coefficient (Wildman–Crippen LogP) is 7.62. The van der Waals surface area contributed by atoms with Crippen LogP contribution in [0.4, 0.5) is 0 Å². The highest BCUT2D eigenvalue weighted by atomic mass is 28.3. The van der Waals surface area contributed by atoms with Gasteiger partial charge >= 0.3 is 0 Å². The second-order valence-corrected chi connectivity index (χ2v) is 14.9. The largest absolute Gasteiger partial charge is 0.129 e. The van der Waals surface area contributed by atoms with E-state index in [2.05, 4.69) is 55.4 Å². The second-order valence-electron chi connectivity index (χ2n) is 10.2. The SMILES string of the molecule is C[Si](C)(C)C#Cc1ccc(CCC(C2CCCCC2)C2CCCCC2)cc1. The van der Waals surface area contributed by atoms with Gasteiger partial charge in [-0.1, -0.05) is 102 Å². The zero-order chi connectivity index (χ0) is 19.1. The molecule has 0 spiro atoms.